The molecule has 14 heteroatoms. The van der Waals surface area contributed by atoms with Gasteiger partial charge in [-0.05, 0) is 31.9 Å². The van der Waals surface area contributed by atoms with Gasteiger partial charge in [0, 0.05) is 12.8 Å². The number of benzene rings is 1. The molecule has 0 unspecified atom stereocenters. The molecular weight excluding hydrogens is 492 g/mol. The Morgan fingerprint density at radius 1 is 0.703 bits per heavy atom. The second kappa shape index (κ2) is 15.9. The van der Waals surface area contributed by atoms with Crippen molar-refractivity contribution in [2.75, 3.05) is 13.7 Å². The van der Waals surface area contributed by atoms with Crippen molar-refractivity contribution in [3.63, 3.8) is 0 Å². The molecule has 0 aliphatic rings. The van der Waals surface area contributed by atoms with Crippen LogP contribution in [-0.2, 0) is 35.2 Å². The van der Waals surface area contributed by atoms with Gasteiger partial charge in [-0.3, -0.25) is 24.0 Å². The number of likely N-dealkylation sites (N-methyl/N-ethyl adjacent to an activating group) is 1. The highest BCUT2D eigenvalue weighted by Crippen LogP contribution is 2.06. The Morgan fingerprint density at radius 3 is 1.65 bits per heavy atom. The summed E-state index contributed by atoms with van der Waals surface area (Å²) in [5.41, 5.74) is 0.830. The van der Waals surface area contributed by atoms with E-state index < -0.39 is 85.7 Å². The molecular formula is C23H32N4O10. The van der Waals surface area contributed by atoms with Crippen LogP contribution in [-0.4, -0.2) is 93.9 Å². The molecule has 1 rings (SSSR count). The van der Waals surface area contributed by atoms with E-state index in [9.17, 15) is 39.0 Å². The van der Waals surface area contributed by atoms with Crippen molar-refractivity contribution in [1.82, 2.24) is 21.3 Å². The topological polar surface area (TPSA) is 231 Å². The lowest BCUT2D eigenvalue weighted by Crippen LogP contribution is -2.58. The summed E-state index contributed by atoms with van der Waals surface area (Å²) >= 11 is 0. The van der Waals surface area contributed by atoms with Gasteiger partial charge in [-0.2, -0.15) is 0 Å². The molecule has 0 fully saturated rings. The number of hydrogen-bond donors (Lipinski definition) is 8. The summed E-state index contributed by atoms with van der Waals surface area (Å²) in [4.78, 5) is 71.2. The molecule has 0 aliphatic heterocycles. The SMILES string of the molecule is CN[C@@H](Cc1ccccc1)C(=O)N[C@@H](CCC(=O)O)C(=O)N[C@@H](CO)C(=O)N[C@@H](CCC(=O)O)C(=O)O. The van der Waals surface area contributed by atoms with Gasteiger partial charge in [-0.25, -0.2) is 4.79 Å². The minimum atomic E-state index is -1.65. The van der Waals surface area contributed by atoms with Crippen LogP contribution in [0.2, 0.25) is 0 Å². The van der Waals surface area contributed by atoms with Gasteiger partial charge >= 0.3 is 17.9 Å². The highest BCUT2D eigenvalue weighted by atomic mass is 16.4. The Hall–Kier alpha value is -4.04. The molecule has 0 radical (unpaired) electrons. The monoisotopic (exact) mass is 524 g/mol. The molecule has 1 aromatic carbocycles. The van der Waals surface area contributed by atoms with Gasteiger partial charge in [0.15, 0.2) is 0 Å². The maximum atomic E-state index is 12.8. The Kier molecular flexibility index (Phi) is 13.3. The van der Waals surface area contributed by atoms with Gasteiger partial charge in [0.05, 0.1) is 12.6 Å². The second-order valence-corrected chi connectivity index (χ2v) is 8.10. The first-order valence-electron chi connectivity index (χ1n) is 11.4. The number of carbonyl (C=O) groups is 6. The molecule has 204 valence electrons. The van der Waals surface area contributed by atoms with Crippen LogP contribution in [0.3, 0.4) is 0 Å². The van der Waals surface area contributed by atoms with E-state index in [2.05, 4.69) is 16.0 Å². The Morgan fingerprint density at radius 2 is 1.16 bits per heavy atom. The minimum Gasteiger partial charge on any atom is -0.481 e. The third kappa shape index (κ3) is 11.5. The largest absolute Gasteiger partial charge is 0.481 e. The molecule has 0 aliphatic carbocycles. The quantitative estimate of drug-likeness (QED) is 0.112. The number of aliphatic hydroxyl groups is 1. The average molecular weight is 525 g/mol. The first-order chi connectivity index (χ1) is 17.5. The fraction of sp³-hybridized carbons (Fsp3) is 0.478. The van der Waals surface area contributed by atoms with Crippen molar-refractivity contribution in [2.45, 2.75) is 56.3 Å². The molecule has 37 heavy (non-hydrogen) atoms. The van der Waals surface area contributed by atoms with Crippen LogP contribution < -0.4 is 21.3 Å². The molecule has 1 aromatic rings. The third-order valence-electron chi connectivity index (χ3n) is 5.30. The summed E-state index contributed by atoms with van der Waals surface area (Å²) in [6.07, 6.45) is -1.54. The summed E-state index contributed by atoms with van der Waals surface area (Å²) in [6, 6.07) is 3.60. The number of rotatable bonds is 17. The van der Waals surface area contributed by atoms with Crippen molar-refractivity contribution in [3.8, 4) is 0 Å². The number of aliphatic carboxylic acids is 3. The predicted molar refractivity (Wildman–Crippen MR) is 127 cm³/mol. The zero-order valence-electron chi connectivity index (χ0n) is 20.2. The van der Waals surface area contributed by atoms with Gasteiger partial charge in [-0.15, -0.1) is 0 Å². The van der Waals surface area contributed by atoms with Crippen LogP contribution >= 0.6 is 0 Å². The number of carboxylic acids is 3. The standard InChI is InChI=1S/C23H32N4O10/c1-24-16(11-13-5-3-2-4-6-13)21(34)25-14(7-9-18(29)30)20(33)27-17(12-28)22(35)26-15(23(36)37)8-10-19(31)32/h2-6,14-17,24,28H,7-12H2,1H3,(H,25,34)(H,26,35)(H,27,33)(H,29,30)(H,31,32)(H,36,37)/t14-,15-,16-,17-/m0/s1. The number of hydrogen-bond acceptors (Lipinski definition) is 8. The average Bonchev–Trinajstić information content (AvgIpc) is 2.85. The minimum absolute atomic E-state index is 0.269. The van der Waals surface area contributed by atoms with E-state index in [1.54, 1.807) is 24.3 Å². The van der Waals surface area contributed by atoms with Crippen LogP contribution in [0.1, 0.15) is 31.2 Å². The fourth-order valence-corrected chi connectivity index (χ4v) is 3.25. The number of carbonyl (C=O) groups excluding carboxylic acids is 3. The zero-order valence-corrected chi connectivity index (χ0v) is 20.2. The van der Waals surface area contributed by atoms with Crippen LogP contribution in [0.4, 0.5) is 0 Å². The summed E-state index contributed by atoms with van der Waals surface area (Å²) in [5.74, 6) is -6.72. The van der Waals surface area contributed by atoms with Gasteiger partial charge in [0.25, 0.3) is 0 Å². The second-order valence-electron chi connectivity index (χ2n) is 8.10. The van der Waals surface area contributed by atoms with Gasteiger partial charge in [-0.1, -0.05) is 30.3 Å². The lowest BCUT2D eigenvalue weighted by atomic mass is 10.0. The van der Waals surface area contributed by atoms with Crippen molar-refractivity contribution in [1.29, 1.82) is 0 Å². The van der Waals surface area contributed by atoms with E-state index in [4.69, 9.17) is 10.2 Å². The predicted octanol–water partition coefficient (Wildman–Crippen LogP) is -1.92. The molecule has 3 amide bonds. The number of carboxylic acid groups (broad SMARTS) is 3. The van der Waals surface area contributed by atoms with E-state index in [0.717, 1.165) is 5.56 Å². The lowest BCUT2D eigenvalue weighted by molar-refractivity contribution is -0.143. The Balaban J connectivity index is 2.93. The Labute approximate surface area is 212 Å². The summed E-state index contributed by atoms with van der Waals surface area (Å²) in [5, 5.41) is 46.0. The van der Waals surface area contributed by atoms with E-state index in [-0.39, 0.29) is 12.8 Å². The zero-order chi connectivity index (χ0) is 28.0. The molecule has 0 spiro atoms. The van der Waals surface area contributed by atoms with Crippen LogP contribution in [0.5, 0.6) is 0 Å². The molecule has 0 saturated heterocycles. The van der Waals surface area contributed by atoms with Gasteiger partial charge < -0.3 is 41.7 Å². The highest BCUT2D eigenvalue weighted by molar-refractivity contribution is 5.94. The van der Waals surface area contributed by atoms with Gasteiger partial charge in [0.1, 0.15) is 18.1 Å². The molecule has 0 heterocycles. The van der Waals surface area contributed by atoms with E-state index >= 15 is 0 Å². The smallest absolute Gasteiger partial charge is 0.326 e. The van der Waals surface area contributed by atoms with E-state index in [0.29, 0.717) is 0 Å². The number of aliphatic hydroxyl groups excluding tert-OH is 1. The van der Waals surface area contributed by atoms with Crippen LogP contribution in [0.25, 0.3) is 0 Å². The normalized spacial score (nSPS) is 13.9. The van der Waals surface area contributed by atoms with Crippen molar-refractivity contribution in [2.24, 2.45) is 0 Å². The maximum Gasteiger partial charge on any atom is 0.326 e. The summed E-state index contributed by atoms with van der Waals surface area (Å²) in [7, 11) is 1.54. The lowest BCUT2D eigenvalue weighted by Gasteiger charge is -2.25. The van der Waals surface area contributed by atoms with Crippen LogP contribution in [0, 0.1) is 0 Å². The molecule has 0 aromatic heterocycles. The van der Waals surface area contributed by atoms with E-state index in [1.165, 1.54) is 7.05 Å². The molecule has 14 nitrogen and oxygen atoms in total. The number of amides is 3. The molecule has 0 bridgehead atoms. The first kappa shape index (κ1) is 31.0. The van der Waals surface area contributed by atoms with Gasteiger partial charge in [0.2, 0.25) is 17.7 Å². The third-order valence-corrected chi connectivity index (χ3v) is 5.30. The number of nitrogens with one attached hydrogen (secondary N) is 4. The highest BCUT2D eigenvalue weighted by Gasteiger charge is 2.31. The molecule has 4 atom stereocenters. The molecule has 8 N–H and O–H groups in total. The first-order valence-corrected chi connectivity index (χ1v) is 11.4. The van der Waals surface area contributed by atoms with Crippen LogP contribution in [0.15, 0.2) is 30.3 Å². The van der Waals surface area contributed by atoms with Crippen molar-refractivity contribution < 1.29 is 49.2 Å². The van der Waals surface area contributed by atoms with E-state index in [1.807, 2.05) is 11.4 Å². The van der Waals surface area contributed by atoms with Crippen molar-refractivity contribution in [3.05, 3.63) is 35.9 Å². The maximum absolute atomic E-state index is 12.8. The summed E-state index contributed by atoms with van der Waals surface area (Å²) in [6.45, 7) is -0.949. The Bertz CT molecular complexity index is 956. The van der Waals surface area contributed by atoms with Crippen molar-refractivity contribution >= 4 is 35.6 Å². The fourth-order valence-electron chi connectivity index (χ4n) is 3.25. The molecule has 0 saturated carbocycles. The summed E-state index contributed by atoms with van der Waals surface area (Å²) < 4.78 is 0.